The molecule has 1 aromatic carbocycles. The lowest BCUT2D eigenvalue weighted by molar-refractivity contribution is 0.0953. The Kier molecular flexibility index (Phi) is 4.71. The Morgan fingerprint density at radius 1 is 1.35 bits per heavy atom. The van der Waals surface area contributed by atoms with E-state index in [1.807, 2.05) is 0 Å². The first kappa shape index (κ1) is 13.2. The fraction of sp³-hybridized carbons (Fsp3) is 0.273. The zero-order valence-corrected chi connectivity index (χ0v) is 10.5. The van der Waals surface area contributed by atoms with Crippen LogP contribution in [0.15, 0.2) is 18.2 Å². The van der Waals surface area contributed by atoms with Crippen LogP contribution < -0.4 is 20.5 Å². The zero-order valence-electron chi connectivity index (χ0n) is 9.65. The molecule has 0 radical (unpaired) electrons. The number of amides is 1. The summed E-state index contributed by atoms with van der Waals surface area (Å²) in [5, 5.41) is 2.58. The highest BCUT2D eigenvalue weighted by molar-refractivity contribution is 7.80. The molecule has 1 amide bonds. The summed E-state index contributed by atoms with van der Waals surface area (Å²) in [4.78, 5) is 12.1. The fourth-order valence-electron chi connectivity index (χ4n) is 1.33. The van der Waals surface area contributed by atoms with Crippen LogP contribution in [0.1, 0.15) is 10.4 Å². The van der Waals surface area contributed by atoms with Crippen LogP contribution in [0.3, 0.4) is 0 Å². The van der Waals surface area contributed by atoms with E-state index >= 15 is 0 Å². The van der Waals surface area contributed by atoms with Crippen molar-refractivity contribution in [1.82, 2.24) is 5.32 Å². The minimum Gasteiger partial charge on any atom is -0.496 e. The average molecular weight is 254 g/mol. The van der Waals surface area contributed by atoms with E-state index in [-0.39, 0.29) is 17.4 Å². The van der Waals surface area contributed by atoms with Crippen LogP contribution in [-0.4, -0.2) is 31.7 Å². The van der Waals surface area contributed by atoms with Gasteiger partial charge >= 0.3 is 0 Å². The molecule has 0 saturated carbocycles. The van der Waals surface area contributed by atoms with E-state index in [2.05, 4.69) is 17.5 Å². The molecule has 5 nitrogen and oxygen atoms in total. The van der Waals surface area contributed by atoms with Gasteiger partial charge in [-0.2, -0.15) is 0 Å². The molecule has 0 fully saturated rings. The van der Waals surface area contributed by atoms with Crippen molar-refractivity contribution in [3.05, 3.63) is 23.8 Å². The van der Waals surface area contributed by atoms with E-state index in [0.717, 1.165) is 0 Å². The Hall–Kier alpha value is -1.82. The monoisotopic (exact) mass is 254 g/mol. The second-order valence-electron chi connectivity index (χ2n) is 3.19. The summed E-state index contributed by atoms with van der Waals surface area (Å²) in [6, 6.07) is 5.10. The van der Waals surface area contributed by atoms with E-state index in [9.17, 15) is 4.79 Å². The molecule has 0 bridgehead atoms. The van der Waals surface area contributed by atoms with Gasteiger partial charge in [0.2, 0.25) is 0 Å². The lowest BCUT2D eigenvalue weighted by Gasteiger charge is -2.12. The third-order valence-electron chi connectivity index (χ3n) is 2.08. The molecule has 1 rings (SSSR count). The molecular weight excluding hydrogens is 240 g/mol. The summed E-state index contributed by atoms with van der Waals surface area (Å²) in [5.74, 6) is 0.529. The van der Waals surface area contributed by atoms with Crippen LogP contribution >= 0.6 is 12.2 Å². The molecular formula is C11H14N2O3S. The normalized spacial score (nSPS) is 9.53. The van der Waals surface area contributed by atoms with E-state index in [4.69, 9.17) is 15.2 Å². The number of rotatable bonds is 5. The maximum absolute atomic E-state index is 11.9. The van der Waals surface area contributed by atoms with Gasteiger partial charge in [-0.3, -0.25) is 4.79 Å². The first-order valence-corrected chi connectivity index (χ1v) is 5.28. The lowest BCUT2D eigenvalue weighted by atomic mass is 10.1. The van der Waals surface area contributed by atoms with Crippen LogP contribution in [0, 0.1) is 0 Å². The van der Waals surface area contributed by atoms with Crippen molar-refractivity contribution < 1.29 is 14.3 Å². The van der Waals surface area contributed by atoms with Gasteiger partial charge in [-0.1, -0.05) is 18.3 Å². The van der Waals surface area contributed by atoms with Crippen molar-refractivity contribution in [1.29, 1.82) is 0 Å². The number of methoxy groups -OCH3 is 2. The second kappa shape index (κ2) is 6.05. The Bertz CT molecular complexity index is 412. The van der Waals surface area contributed by atoms with Crippen molar-refractivity contribution in [3.63, 3.8) is 0 Å². The van der Waals surface area contributed by atoms with Crippen molar-refractivity contribution in [2.24, 2.45) is 5.73 Å². The molecule has 0 aliphatic heterocycles. The van der Waals surface area contributed by atoms with Gasteiger partial charge < -0.3 is 20.5 Å². The number of ether oxygens (including phenoxy) is 2. The first-order chi connectivity index (χ1) is 8.10. The van der Waals surface area contributed by atoms with Crippen LogP contribution in [0.4, 0.5) is 0 Å². The minimum atomic E-state index is -0.341. The second-order valence-corrected chi connectivity index (χ2v) is 3.71. The number of carbonyl (C=O) groups excluding carboxylic acids is 1. The first-order valence-electron chi connectivity index (χ1n) is 4.87. The molecule has 6 heteroatoms. The maximum Gasteiger partial charge on any atom is 0.259 e. The Labute approximate surface area is 105 Å². The summed E-state index contributed by atoms with van der Waals surface area (Å²) < 4.78 is 10.2. The van der Waals surface area contributed by atoms with Crippen molar-refractivity contribution in [3.8, 4) is 11.5 Å². The predicted octanol–water partition coefficient (Wildman–Crippen LogP) is 0.720. The molecule has 0 atom stereocenters. The van der Waals surface area contributed by atoms with Gasteiger partial charge in [0.1, 0.15) is 17.1 Å². The largest absolute Gasteiger partial charge is 0.496 e. The summed E-state index contributed by atoms with van der Waals surface area (Å²) in [6.07, 6.45) is 0. The van der Waals surface area contributed by atoms with Gasteiger partial charge in [-0.15, -0.1) is 0 Å². The molecule has 0 saturated heterocycles. The van der Waals surface area contributed by atoms with Gasteiger partial charge in [0, 0.05) is 0 Å². The summed E-state index contributed by atoms with van der Waals surface area (Å²) >= 11 is 4.69. The molecule has 0 aromatic heterocycles. The smallest absolute Gasteiger partial charge is 0.259 e. The standard InChI is InChI=1S/C11H14N2O3S/c1-15-7-4-3-5-8(16-2)10(7)11(14)13-6-9(12)17/h3-5H,6H2,1-2H3,(H2,12,17)(H,13,14). The summed E-state index contributed by atoms with van der Waals surface area (Å²) in [7, 11) is 2.97. The summed E-state index contributed by atoms with van der Waals surface area (Å²) in [5.41, 5.74) is 5.64. The van der Waals surface area contributed by atoms with Gasteiger partial charge in [0.25, 0.3) is 5.91 Å². The molecule has 0 heterocycles. The molecule has 0 aliphatic carbocycles. The highest BCUT2D eigenvalue weighted by Gasteiger charge is 2.17. The molecule has 0 spiro atoms. The van der Waals surface area contributed by atoms with E-state index in [1.165, 1.54) is 14.2 Å². The third kappa shape index (κ3) is 3.32. The topological polar surface area (TPSA) is 73.6 Å². The molecule has 0 aliphatic rings. The van der Waals surface area contributed by atoms with Gasteiger partial charge in [0.15, 0.2) is 0 Å². The van der Waals surface area contributed by atoms with E-state index in [0.29, 0.717) is 17.1 Å². The van der Waals surface area contributed by atoms with Crippen molar-refractivity contribution >= 4 is 23.1 Å². The fourth-order valence-corrected chi connectivity index (χ4v) is 1.40. The number of benzene rings is 1. The molecule has 3 N–H and O–H groups in total. The number of nitrogens with one attached hydrogen (secondary N) is 1. The quantitative estimate of drug-likeness (QED) is 0.757. The van der Waals surface area contributed by atoms with Gasteiger partial charge in [0.05, 0.1) is 25.8 Å². The summed E-state index contributed by atoms with van der Waals surface area (Å²) in [6.45, 7) is 0.134. The van der Waals surface area contributed by atoms with E-state index < -0.39 is 0 Å². The molecule has 1 aromatic rings. The number of nitrogens with two attached hydrogens (primary N) is 1. The predicted molar refractivity (Wildman–Crippen MR) is 68.7 cm³/mol. The van der Waals surface area contributed by atoms with Crippen LogP contribution in [0.25, 0.3) is 0 Å². The van der Waals surface area contributed by atoms with Crippen molar-refractivity contribution in [2.75, 3.05) is 20.8 Å². The third-order valence-corrected chi connectivity index (χ3v) is 2.22. The van der Waals surface area contributed by atoms with E-state index in [1.54, 1.807) is 18.2 Å². The zero-order chi connectivity index (χ0) is 12.8. The number of hydrogen-bond donors (Lipinski definition) is 2. The Morgan fingerprint density at radius 2 is 1.88 bits per heavy atom. The number of thiocarbonyl (C=S) groups is 1. The Morgan fingerprint density at radius 3 is 2.29 bits per heavy atom. The highest BCUT2D eigenvalue weighted by atomic mass is 32.1. The van der Waals surface area contributed by atoms with Crippen LogP contribution in [0.5, 0.6) is 11.5 Å². The van der Waals surface area contributed by atoms with Crippen molar-refractivity contribution in [2.45, 2.75) is 0 Å². The molecule has 92 valence electrons. The van der Waals surface area contributed by atoms with Gasteiger partial charge in [-0.25, -0.2) is 0 Å². The average Bonchev–Trinajstić information content (AvgIpc) is 2.34. The highest BCUT2D eigenvalue weighted by Crippen LogP contribution is 2.27. The molecule has 17 heavy (non-hydrogen) atoms. The number of carbonyl (C=O) groups is 1. The lowest BCUT2D eigenvalue weighted by Crippen LogP contribution is -2.32. The number of hydrogen-bond acceptors (Lipinski definition) is 4. The SMILES string of the molecule is COc1cccc(OC)c1C(=O)NCC(N)=S. The maximum atomic E-state index is 11.9. The van der Waals surface area contributed by atoms with Gasteiger partial charge in [-0.05, 0) is 12.1 Å². The molecule has 0 unspecified atom stereocenters. The van der Waals surface area contributed by atoms with Crippen LogP contribution in [-0.2, 0) is 0 Å². The Balaban J connectivity index is 3.01. The van der Waals surface area contributed by atoms with Crippen LogP contribution in [0.2, 0.25) is 0 Å². The minimum absolute atomic E-state index is 0.134.